The lowest BCUT2D eigenvalue weighted by molar-refractivity contribution is -0.195. The lowest BCUT2D eigenvalue weighted by Crippen LogP contribution is -2.61. The van der Waals surface area contributed by atoms with Crippen molar-refractivity contribution in [1.82, 2.24) is 5.32 Å². The molecule has 17 heavy (non-hydrogen) atoms. The standard InChI is InChI=1S/C15H21NO/c1-14(2)10-15(11-14)13(16-8-9-17-15)12-6-4-3-5-7-12/h3-7,13,16H,8-11H2,1-2H3. The zero-order valence-electron chi connectivity index (χ0n) is 10.7. The van der Waals surface area contributed by atoms with Crippen LogP contribution in [0.15, 0.2) is 30.3 Å². The molecule has 3 rings (SSSR count). The third-order valence-electron chi connectivity index (χ3n) is 4.05. The number of hydrogen-bond donors (Lipinski definition) is 1. The van der Waals surface area contributed by atoms with Crippen LogP contribution < -0.4 is 5.32 Å². The molecule has 1 saturated carbocycles. The van der Waals surface area contributed by atoms with E-state index in [0.29, 0.717) is 11.5 Å². The lowest BCUT2D eigenvalue weighted by Gasteiger charge is -2.58. The molecule has 1 aliphatic carbocycles. The van der Waals surface area contributed by atoms with E-state index in [2.05, 4.69) is 49.5 Å². The van der Waals surface area contributed by atoms with Gasteiger partial charge in [-0.2, -0.15) is 0 Å². The van der Waals surface area contributed by atoms with Crippen molar-refractivity contribution >= 4 is 0 Å². The molecule has 0 aromatic heterocycles. The normalized spacial score (nSPS) is 29.9. The first kappa shape index (κ1) is 11.2. The maximum absolute atomic E-state index is 6.14. The van der Waals surface area contributed by atoms with E-state index in [1.54, 1.807) is 0 Å². The number of nitrogens with one attached hydrogen (secondary N) is 1. The molecule has 2 nitrogen and oxygen atoms in total. The largest absolute Gasteiger partial charge is 0.372 e. The topological polar surface area (TPSA) is 21.3 Å². The van der Waals surface area contributed by atoms with Crippen molar-refractivity contribution in [2.24, 2.45) is 5.41 Å². The predicted octanol–water partition coefficient (Wildman–Crippen LogP) is 2.91. The molecule has 1 N–H and O–H groups in total. The van der Waals surface area contributed by atoms with Gasteiger partial charge in [-0.3, -0.25) is 0 Å². The van der Waals surface area contributed by atoms with Crippen LogP contribution in [0, 0.1) is 5.41 Å². The highest BCUT2D eigenvalue weighted by Crippen LogP contribution is 2.56. The molecule has 0 radical (unpaired) electrons. The second-order valence-electron chi connectivity index (χ2n) is 6.23. The summed E-state index contributed by atoms with van der Waals surface area (Å²) < 4.78 is 6.14. The summed E-state index contributed by atoms with van der Waals surface area (Å²) in [6.45, 7) is 6.47. The van der Waals surface area contributed by atoms with Gasteiger partial charge in [0.1, 0.15) is 0 Å². The molecule has 0 bridgehead atoms. The zero-order chi connectivity index (χ0) is 11.9. The molecule has 0 amide bonds. The predicted molar refractivity (Wildman–Crippen MR) is 68.9 cm³/mol. The van der Waals surface area contributed by atoms with Crippen molar-refractivity contribution in [2.45, 2.75) is 38.3 Å². The average molecular weight is 231 g/mol. The van der Waals surface area contributed by atoms with E-state index in [9.17, 15) is 0 Å². The van der Waals surface area contributed by atoms with E-state index in [-0.39, 0.29) is 5.60 Å². The Hall–Kier alpha value is -0.860. The zero-order valence-corrected chi connectivity index (χ0v) is 10.7. The van der Waals surface area contributed by atoms with Crippen molar-refractivity contribution in [3.8, 4) is 0 Å². The fourth-order valence-corrected chi connectivity index (χ4v) is 3.67. The van der Waals surface area contributed by atoms with Crippen molar-refractivity contribution in [1.29, 1.82) is 0 Å². The van der Waals surface area contributed by atoms with Crippen LogP contribution in [0.4, 0.5) is 0 Å². The molecule has 1 heterocycles. The van der Waals surface area contributed by atoms with Gasteiger partial charge >= 0.3 is 0 Å². The van der Waals surface area contributed by atoms with E-state index in [4.69, 9.17) is 4.74 Å². The number of morpholine rings is 1. The fraction of sp³-hybridized carbons (Fsp3) is 0.600. The highest BCUT2D eigenvalue weighted by Gasteiger charge is 2.56. The summed E-state index contributed by atoms with van der Waals surface area (Å²) in [6, 6.07) is 11.1. The van der Waals surface area contributed by atoms with Crippen molar-refractivity contribution in [3.05, 3.63) is 35.9 Å². The summed E-state index contributed by atoms with van der Waals surface area (Å²) in [7, 11) is 0. The third kappa shape index (κ3) is 1.90. The van der Waals surface area contributed by atoms with Crippen molar-refractivity contribution in [2.75, 3.05) is 13.2 Å². The minimum atomic E-state index is 0.0447. The summed E-state index contributed by atoms with van der Waals surface area (Å²) in [4.78, 5) is 0. The molecule has 1 aliphatic heterocycles. The molecular formula is C15H21NO. The molecule has 2 heteroatoms. The Balaban J connectivity index is 1.87. The Labute approximate surface area is 103 Å². The van der Waals surface area contributed by atoms with Crippen LogP contribution in [0.1, 0.15) is 38.3 Å². The van der Waals surface area contributed by atoms with E-state index in [1.807, 2.05) is 0 Å². The van der Waals surface area contributed by atoms with Crippen LogP contribution in [-0.4, -0.2) is 18.8 Å². The van der Waals surface area contributed by atoms with E-state index in [0.717, 1.165) is 26.0 Å². The van der Waals surface area contributed by atoms with Gasteiger partial charge in [0.15, 0.2) is 0 Å². The van der Waals surface area contributed by atoms with Crippen molar-refractivity contribution in [3.63, 3.8) is 0 Å². The van der Waals surface area contributed by atoms with Gasteiger partial charge in [0.2, 0.25) is 0 Å². The highest BCUT2D eigenvalue weighted by atomic mass is 16.5. The molecule has 2 aliphatic rings. The molecule has 92 valence electrons. The van der Waals surface area contributed by atoms with E-state index in [1.165, 1.54) is 5.56 Å². The van der Waals surface area contributed by atoms with Gasteiger partial charge in [-0.05, 0) is 23.8 Å². The summed E-state index contributed by atoms with van der Waals surface area (Å²) >= 11 is 0. The van der Waals surface area contributed by atoms with E-state index >= 15 is 0 Å². The smallest absolute Gasteiger partial charge is 0.0887 e. The number of rotatable bonds is 1. The molecule has 1 aromatic carbocycles. The summed E-state index contributed by atoms with van der Waals surface area (Å²) in [5, 5.41) is 3.64. The minimum absolute atomic E-state index is 0.0447. The number of benzene rings is 1. The fourth-order valence-electron chi connectivity index (χ4n) is 3.67. The molecule has 1 saturated heterocycles. The Morgan fingerprint density at radius 1 is 1.18 bits per heavy atom. The molecule has 1 unspecified atom stereocenters. The van der Waals surface area contributed by atoms with Gasteiger partial charge in [-0.1, -0.05) is 44.2 Å². The van der Waals surface area contributed by atoms with Gasteiger partial charge < -0.3 is 10.1 Å². The van der Waals surface area contributed by atoms with Crippen LogP contribution in [0.2, 0.25) is 0 Å². The summed E-state index contributed by atoms with van der Waals surface area (Å²) in [6.07, 6.45) is 2.32. The minimum Gasteiger partial charge on any atom is -0.372 e. The molecule has 1 aromatic rings. The molecule has 2 fully saturated rings. The van der Waals surface area contributed by atoms with Crippen LogP contribution in [-0.2, 0) is 4.74 Å². The average Bonchev–Trinajstić information content (AvgIpc) is 2.28. The number of hydrogen-bond acceptors (Lipinski definition) is 2. The Morgan fingerprint density at radius 2 is 1.88 bits per heavy atom. The second-order valence-corrected chi connectivity index (χ2v) is 6.23. The molecular weight excluding hydrogens is 210 g/mol. The van der Waals surface area contributed by atoms with Gasteiger partial charge in [0, 0.05) is 6.54 Å². The van der Waals surface area contributed by atoms with Crippen molar-refractivity contribution < 1.29 is 4.74 Å². The summed E-state index contributed by atoms with van der Waals surface area (Å²) in [5.74, 6) is 0. The second kappa shape index (κ2) is 3.82. The van der Waals surface area contributed by atoms with Gasteiger partial charge in [-0.25, -0.2) is 0 Å². The quantitative estimate of drug-likeness (QED) is 0.802. The van der Waals surface area contributed by atoms with Crippen LogP contribution in [0.3, 0.4) is 0 Å². The molecule has 1 spiro atoms. The van der Waals surface area contributed by atoms with Gasteiger partial charge in [0.25, 0.3) is 0 Å². The Bertz CT molecular complexity index is 391. The third-order valence-corrected chi connectivity index (χ3v) is 4.05. The maximum Gasteiger partial charge on any atom is 0.0887 e. The first-order valence-electron chi connectivity index (χ1n) is 6.54. The Morgan fingerprint density at radius 3 is 2.53 bits per heavy atom. The maximum atomic E-state index is 6.14. The van der Waals surface area contributed by atoms with E-state index < -0.39 is 0 Å². The first-order valence-corrected chi connectivity index (χ1v) is 6.54. The Kier molecular flexibility index (Phi) is 2.53. The van der Waals surface area contributed by atoms with Crippen LogP contribution in [0.5, 0.6) is 0 Å². The monoisotopic (exact) mass is 231 g/mol. The number of ether oxygens (including phenoxy) is 1. The lowest BCUT2D eigenvalue weighted by atomic mass is 9.57. The summed E-state index contributed by atoms with van der Waals surface area (Å²) in [5.41, 5.74) is 1.84. The van der Waals surface area contributed by atoms with Crippen LogP contribution >= 0.6 is 0 Å². The highest BCUT2D eigenvalue weighted by molar-refractivity contribution is 5.26. The van der Waals surface area contributed by atoms with Crippen LogP contribution in [0.25, 0.3) is 0 Å². The first-order chi connectivity index (χ1) is 8.11. The van der Waals surface area contributed by atoms with Gasteiger partial charge in [-0.15, -0.1) is 0 Å². The van der Waals surface area contributed by atoms with Gasteiger partial charge in [0.05, 0.1) is 18.2 Å². The SMILES string of the molecule is CC1(C)CC2(C1)OCCNC2c1ccccc1. The molecule has 1 atom stereocenters.